The number of ether oxygens (including phenoxy) is 1. The third kappa shape index (κ3) is 5.15. The van der Waals surface area contributed by atoms with Gasteiger partial charge >= 0.3 is 6.03 Å². The molecule has 2 N–H and O–H groups in total. The van der Waals surface area contributed by atoms with Crippen molar-refractivity contribution in [2.45, 2.75) is 39.3 Å². The summed E-state index contributed by atoms with van der Waals surface area (Å²) in [6, 6.07) is 15.6. The van der Waals surface area contributed by atoms with E-state index in [1.54, 1.807) is 0 Å². The predicted octanol–water partition coefficient (Wildman–Crippen LogP) is 4.40. The quantitative estimate of drug-likeness (QED) is 0.809. The van der Waals surface area contributed by atoms with E-state index in [-0.39, 0.29) is 12.1 Å². The standard InChI is InChI=1S/C21H27N3O2/c1-16(2)26-20-10-5-7-17(13-20)15-22-21(25)23-18-8-6-9-19(14-18)24-11-3-4-12-24/h5-10,13-14,16H,3-4,11-12,15H2,1-2H3,(H2,22,23,25). The summed E-state index contributed by atoms with van der Waals surface area (Å²) < 4.78 is 5.69. The Morgan fingerprint density at radius 2 is 1.88 bits per heavy atom. The number of nitrogens with zero attached hydrogens (tertiary/aromatic N) is 1. The Morgan fingerprint density at radius 1 is 1.12 bits per heavy atom. The third-order valence-corrected chi connectivity index (χ3v) is 4.30. The summed E-state index contributed by atoms with van der Waals surface area (Å²) in [4.78, 5) is 14.6. The van der Waals surface area contributed by atoms with Crippen molar-refractivity contribution in [1.29, 1.82) is 0 Å². The van der Waals surface area contributed by atoms with Gasteiger partial charge in [0.15, 0.2) is 0 Å². The first-order valence-electron chi connectivity index (χ1n) is 9.25. The fourth-order valence-corrected chi connectivity index (χ4v) is 3.11. The second-order valence-corrected chi connectivity index (χ2v) is 6.87. The van der Waals surface area contributed by atoms with Gasteiger partial charge in [-0.2, -0.15) is 0 Å². The van der Waals surface area contributed by atoms with Crippen molar-refractivity contribution in [3.63, 3.8) is 0 Å². The molecule has 1 fully saturated rings. The van der Waals surface area contributed by atoms with E-state index in [0.717, 1.165) is 30.1 Å². The van der Waals surface area contributed by atoms with Crippen molar-refractivity contribution in [3.05, 3.63) is 54.1 Å². The Morgan fingerprint density at radius 3 is 2.65 bits per heavy atom. The molecule has 0 saturated carbocycles. The average molecular weight is 353 g/mol. The van der Waals surface area contributed by atoms with Crippen LogP contribution >= 0.6 is 0 Å². The van der Waals surface area contributed by atoms with Crippen LogP contribution in [-0.4, -0.2) is 25.2 Å². The molecule has 2 amide bonds. The van der Waals surface area contributed by atoms with Crippen LogP contribution in [0.3, 0.4) is 0 Å². The second kappa shape index (κ2) is 8.61. The minimum absolute atomic E-state index is 0.129. The van der Waals surface area contributed by atoms with Crippen LogP contribution in [0.25, 0.3) is 0 Å². The van der Waals surface area contributed by atoms with Gasteiger partial charge in [-0.05, 0) is 62.6 Å². The van der Waals surface area contributed by atoms with E-state index in [1.807, 2.05) is 56.3 Å². The van der Waals surface area contributed by atoms with E-state index in [4.69, 9.17) is 4.74 Å². The van der Waals surface area contributed by atoms with Gasteiger partial charge in [-0.15, -0.1) is 0 Å². The highest BCUT2D eigenvalue weighted by Crippen LogP contribution is 2.23. The summed E-state index contributed by atoms with van der Waals surface area (Å²) >= 11 is 0. The lowest BCUT2D eigenvalue weighted by atomic mass is 10.2. The number of hydrogen-bond donors (Lipinski definition) is 2. The Kier molecular flexibility index (Phi) is 6.00. The number of amides is 2. The Labute approximate surface area is 155 Å². The van der Waals surface area contributed by atoms with E-state index in [0.29, 0.717) is 6.54 Å². The highest BCUT2D eigenvalue weighted by molar-refractivity contribution is 5.89. The van der Waals surface area contributed by atoms with Crippen LogP contribution in [0, 0.1) is 0 Å². The third-order valence-electron chi connectivity index (χ3n) is 4.30. The first-order valence-corrected chi connectivity index (χ1v) is 9.25. The van der Waals surface area contributed by atoms with E-state index in [1.165, 1.54) is 18.5 Å². The van der Waals surface area contributed by atoms with Crippen molar-refractivity contribution >= 4 is 17.4 Å². The van der Waals surface area contributed by atoms with Crippen LogP contribution in [0.4, 0.5) is 16.2 Å². The number of hydrogen-bond acceptors (Lipinski definition) is 3. The van der Waals surface area contributed by atoms with Crippen LogP contribution in [0.1, 0.15) is 32.3 Å². The fourth-order valence-electron chi connectivity index (χ4n) is 3.11. The largest absolute Gasteiger partial charge is 0.491 e. The van der Waals surface area contributed by atoms with Crippen LogP contribution in [0.2, 0.25) is 0 Å². The predicted molar refractivity (Wildman–Crippen MR) is 106 cm³/mol. The van der Waals surface area contributed by atoms with Gasteiger partial charge in [-0.3, -0.25) is 0 Å². The van der Waals surface area contributed by atoms with E-state index in [9.17, 15) is 4.79 Å². The Balaban J connectivity index is 1.53. The highest BCUT2D eigenvalue weighted by atomic mass is 16.5. The summed E-state index contributed by atoms with van der Waals surface area (Å²) in [5.41, 5.74) is 2.98. The topological polar surface area (TPSA) is 53.6 Å². The molecule has 0 aliphatic carbocycles. The highest BCUT2D eigenvalue weighted by Gasteiger charge is 2.12. The molecule has 2 aromatic rings. The molecule has 0 radical (unpaired) electrons. The van der Waals surface area contributed by atoms with Crippen molar-refractivity contribution < 1.29 is 9.53 Å². The molecule has 1 heterocycles. The van der Waals surface area contributed by atoms with Crippen molar-refractivity contribution in [3.8, 4) is 5.75 Å². The summed E-state index contributed by atoms with van der Waals surface area (Å²) in [6.45, 7) is 6.62. The maximum atomic E-state index is 12.2. The van der Waals surface area contributed by atoms with Gasteiger partial charge in [-0.25, -0.2) is 4.79 Å². The zero-order valence-corrected chi connectivity index (χ0v) is 15.5. The number of carbonyl (C=O) groups excluding carboxylic acids is 1. The summed E-state index contributed by atoms with van der Waals surface area (Å²) in [7, 11) is 0. The minimum Gasteiger partial charge on any atom is -0.491 e. The number of nitrogens with one attached hydrogen (secondary N) is 2. The zero-order chi connectivity index (χ0) is 18.4. The van der Waals surface area contributed by atoms with Crippen molar-refractivity contribution in [2.24, 2.45) is 0 Å². The lowest BCUT2D eigenvalue weighted by molar-refractivity contribution is 0.242. The van der Waals surface area contributed by atoms with Crippen LogP contribution in [-0.2, 0) is 6.54 Å². The molecular formula is C21H27N3O2. The van der Waals surface area contributed by atoms with Gasteiger partial charge in [0, 0.05) is 31.0 Å². The molecule has 1 aliphatic rings. The maximum Gasteiger partial charge on any atom is 0.319 e. The number of urea groups is 1. The molecule has 138 valence electrons. The molecule has 0 bridgehead atoms. The lowest BCUT2D eigenvalue weighted by Crippen LogP contribution is -2.28. The van der Waals surface area contributed by atoms with Gasteiger partial charge in [0.2, 0.25) is 0 Å². The monoisotopic (exact) mass is 353 g/mol. The molecular weight excluding hydrogens is 326 g/mol. The van der Waals surface area contributed by atoms with Gasteiger partial charge in [0.05, 0.1) is 6.10 Å². The van der Waals surface area contributed by atoms with Gasteiger partial charge in [0.1, 0.15) is 5.75 Å². The number of anilines is 2. The molecule has 5 nitrogen and oxygen atoms in total. The smallest absolute Gasteiger partial charge is 0.319 e. The lowest BCUT2D eigenvalue weighted by Gasteiger charge is -2.18. The van der Waals surface area contributed by atoms with E-state index >= 15 is 0 Å². The SMILES string of the molecule is CC(C)Oc1cccc(CNC(=O)Nc2cccc(N3CCCC3)c2)c1. The van der Waals surface area contributed by atoms with E-state index in [2.05, 4.69) is 21.6 Å². The van der Waals surface area contributed by atoms with Gasteiger partial charge in [-0.1, -0.05) is 18.2 Å². The Hall–Kier alpha value is -2.69. The normalized spacial score (nSPS) is 13.7. The number of rotatable bonds is 6. The second-order valence-electron chi connectivity index (χ2n) is 6.87. The van der Waals surface area contributed by atoms with Gasteiger partial charge < -0.3 is 20.3 Å². The molecule has 0 unspecified atom stereocenters. The van der Waals surface area contributed by atoms with Crippen LogP contribution in [0.5, 0.6) is 5.75 Å². The summed E-state index contributed by atoms with van der Waals surface area (Å²) in [5.74, 6) is 0.818. The molecule has 2 aromatic carbocycles. The number of benzene rings is 2. The minimum atomic E-state index is -0.209. The van der Waals surface area contributed by atoms with Crippen LogP contribution in [0.15, 0.2) is 48.5 Å². The van der Waals surface area contributed by atoms with Gasteiger partial charge in [0.25, 0.3) is 0 Å². The molecule has 5 heteroatoms. The average Bonchev–Trinajstić information content (AvgIpc) is 3.15. The molecule has 0 atom stereocenters. The van der Waals surface area contributed by atoms with Crippen LogP contribution < -0.4 is 20.3 Å². The van der Waals surface area contributed by atoms with Crippen molar-refractivity contribution in [2.75, 3.05) is 23.3 Å². The summed E-state index contributed by atoms with van der Waals surface area (Å²) in [5, 5.41) is 5.81. The molecule has 26 heavy (non-hydrogen) atoms. The maximum absolute atomic E-state index is 12.2. The molecule has 0 spiro atoms. The first kappa shape index (κ1) is 18.1. The molecule has 0 aromatic heterocycles. The van der Waals surface area contributed by atoms with E-state index < -0.39 is 0 Å². The molecule has 1 saturated heterocycles. The van der Waals surface area contributed by atoms with Crippen molar-refractivity contribution in [1.82, 2.24) is 5.32 Å². The zero-order valence-electron chi connectivity index (χ0n) is 15.5. The summed E-state index contributed by atoms with van der Waals surface area (Å²) in [6.07, 6.45) is 2.60. The first-order chi connectivity index (χ1) is 12.6. The molecule has 1 aliphatic heterocycles. The Bertz CT molecular complexity index is 740. The molecule has 3 rings (SSSR count). The fraction of sp³-hybridized carbons (Fsp3) is 0.381. The number of carbonyl (C=O) groups is 1.